The average Bonchev–Trinajstić information content (AvgIpc) is 2.64. The Morgan fingerprint density at radius 2 is 1.85 bits per heavy atom. The summed E-state index contributed by atoms with van der Waals surface area (Å²) < 4.78 is 28.8. The molecule has 2 rings (SSSR count). The smallest absolute Gasteiger partial charge is 0.242 e. The van der Waals surface area contributed by atoms with E-state index in [1.54, 1.807) is 11.6 Å². The molecular formula is C14H24N2O3S. The van der Waals surface area contributed by atoms with Crippen molar-refractivity contribution in [1.29, 1.82) is 0 Å². The van der Waals surface area contributed by atoms with Crippen LogP contribution < -0.4 is 4.72 Å². The third-order valence-corrected chi connectivity index (χ3v) is 6.74. The van der Waals surface area contributed by atoms with E-state index in [-0.39, 0.29) is 22.3 Å². The first-order valence-corrected chi connectivity index (χ1v) is 8.28. The fourth-order valence-electron chi connectivity index (χ4n) is 3.00. The van der Waals surface area contributed by atoms with Crippen molar-refractivity contribution in [3.8, 4) is 0 Å². The summed E-state index contributed by atoms with van der Waals surface area (Å²) in [5.74, 6) is 0.339. The van der Waals surface area contributed by atoms with Crippen molar-refractivity contribution in [3.05, 3.63) is 18.0 Å². The van der Waals surface area contributed by atoms with Gasteiger partial charge in [0.1, 0.15) is 0 Å². The van der Waals surface area contributed by atoms with Crippen molar-refractivity contribution in [1.82, 2.24) is 9.29 Å². The number of sulfonamides is 1. The van der Waals surface area contributed by atoms with E-state index in [1.807, 2.05) is 0 Å². The van der Waals surface area contributed by atoms with E-state index in [0.717, 1.165) is 0 Å². The number of aryl methyl sites for hydroxylation is 1. The monoisotopic (exact) mass is 300 g/mol. The Bertz CT molecular complexity index is 600. The Hall–Kier alpha value is -0.850. The quantitative estimate of drug-likeness (QED) is 0.865. The maximum absolute atomic E-state index is 12.3. The lowest BCUT2D eigenvalue weighted by Crippen LogP contribution is -2.27. The fourth-order valence-corrected chi connectivity index (χ4v) is 4.14. The summed E-state index contributed by atoms with van der Waals surface area (Å²) in [6.07, 6.45) is 1.52. The summed E-state index contributed by atoms with van der Waals surface area (Å²) in [4.78, 5) is 0.209. The van der Waals surface area contributed by atoms with E-state index < -0.39 is 10.0 Å². The van der Waals surface area contributed by atoms with Gasteiger partial charge in [-0.2, -0.15) is 0 Å². The van der Waals surface area contributed by atoms with Gasteiger partial charge in [-0.05, 0) is 22.8 Å². The zero-order valence-corrected chi connectivity index (χ0v) is 13.6. The summed E-state index contributed by atoms with van der Waals surface area (Å²) in [5, 5.41) is 9.13. The van der Waals surface area contributed by atoms with Crippen LogP contribution in [0, 0.1) is 16.7 Å². The van der Waals surface area contributed by atoms with Crippen molar-refractivity contribution in [2.24, 2.45) is 23.8 Å². The first-order valence-electron chi connectivity index (χ1n) is 6.80. The molecular weight excluding hydrogens is 276 g/mol. The number of hydrogen-bond donors (Lipinski definition) is 2. The van der Waals surface area contributed by atoms with Crippen LogP contribution in [0.1, 0.15) is 33.4 Å². The van der Waals surface area contributed by atoms with E-state index in [1.165, 1.54) is 12.3 Å². The SMILES string of the molecule is Cn1cc(S(=O)(=O)NCC2C(C)(C)C2(C)C)cc1CO. The van der Waals surface area contributed by atoms with Gasteiger partial charge in [-0.1, -0.05) is 27.7 Å². The molecule has 1 heterocycles. The van der Waals surface area contributed by atoms with Crippen LogP contribution in [0.4, 0.5) is 0 Å². The molecule has 0 saturated heterocycles. The van der Waals surface area contributed by atoms with Gasteiger partial charge in [-0.15, -0.1) is 0 Å². The second kappa shape index (κ2) is 4.58. The predicted octanol–water partition coefficient (Wildman–Crippen LogP) is 1.48. The maximum atomic E-state index is 12.3. The molecule has 0 aliphatic heterocycles. The molecule has 1 saturated carbocycles. The van der Waals surface area contributed by atoms with Gasteiger partial charge in [0.15, 0.2) is 0 Å². The van der Waals surface area contributed by atoms with Gasteiger partial charge in [-0.25, -0.2) is 13.1 Å². The minimum Gasteiger partial charge on any atom is -0.390 e. The standard InChI is InChI=1S/C14H24N2O3S/c1-13(2)12(14(13,3)4)7-15-20(18,19)11-6-10(9-17)16(5)8-11/h6,8,12,15,17H,7,9H2,1-5H3. The highest BCUT2D eigenvalue weighted by Gasteiger charge is 2.64. The third kappa shape index (κ3) is 2.29. The van der Waals surface area contributed by atoms with Crippen LogP contribution in [0.3, 0.4) is 0 Å². The Labute approximate surface area is 121 Å². The second-order valence-corrected chi connectivity index (χ2v) is 8.55. The Kier molecular flexibility index (Phi) is 3.56. The minimum atomic E-state index is -3.51. The fraction of sp³-hybridized carbons (Fsp3) is 0.714. The van der Waals surface area contributed by atoms with Gasteiger partial charge < -0.3 is 9.67 Å². The molecule has 1 aliphatic rings. The van der Waals surface area contributed by atoms with Gasteiger partial charge in [0.25, 0.3) is 0 Å². The number of nitrogens with one attached hydrogen (secondary N) is 1. The molecule has 0 radical (unpaired) electrons. The molecule has 6 heteroatoms. The normalized spacial score (nSPS) is 21.1. The van der Waals surface area contributed by atoms with E-state index in [0.29, 0.717) is 18.2 Å². The Balaban J connectivity index is 2.09. The molecule has 20 heavy (non-hydrogen) atoms. The first kappa shape index (κ1) is 15.5. The van der Waals surface area contributed by atoms with Gasteiger partial charge >= 0.3 is 0 Å². The predicted molar refractivity (Wildman–Crippen MR) is 77.6 cm³/mol. The molecule has 0 spiro atoms. The molecule has 1 aromatic heterocycles. The number of aromatic nitrogens is 1. The van der Waals surface area contributed by atoms with Crippen molar-refractivity contribution in [2.45, 2.75) is 39.2 Å². The summed E-state index contributed by atoms with van der Waals surface area (Å²) in [6.45, 7) is 8.94. The number of hydrogen-bond acceptors (Lipinski definition) is 3. The molecule has 0 aromatic carbocycles. The summed E-state index contributed by atoms with van der Waals surface area (Å²) >= 11 is 0. The Morgan fingerprint density at radius 3 is 2.25 bits per heavy atom. The molecule has 0 bridgehead atoms. The number of rotatable bonds is 5. The van der Waals surface area contributed by atoms with E-state index in [9.17, 15) is 8.42 Å². The summed E-state index contributed by atoms with van der Waals surface area (Å²) in [7, 11) is -1.79. The topological polar surface area (TPSA) is 71.3 Å². The number of nitrogens with zero attached hydrogens (tertiary/aromatic N) is 1. The van der Waals surface area contributed by atoms with Crippen LogP contribution in [0.25, 0.3) is 0 Å². The number of aliphatic hydroxyl groups is 1. The Morgan fingerprint density at radius 1 is 1.30 bits per heavy atom. The van der Waals surface area contributed by atoms with Gasteiger partial charge in [-0.3, -0.25) is 0 Å². The zero-order valence-electron chi connectivity index (χ0n) is 12.8. The molecule has 0 atom stereocenters. The molecule has 1 aliphatic carbocycles. The van der Waals surface area contributed by atoms with Crippen LogP contribution in [-0.4, -0.2) is 24.6 Å². The highest BCUT2D eigenvalue weighted by atomic mass is 32.2. The summed E-state index contributed by atoms with van der Waals surface area (Å²) in [5.41, 5.74) is 0.891. The van der Waals surface area contributed by atoms with E-state index in [4.69, 9.17) is 5.11 Å². The van der Waals surface area contributed by atoms with Crippen molar-refractivity contribution in [3.63, 3.8) is 0 Å². The van der Waals surface area contributed by atoms with Crippen molar-refractivity contribution in [2.75, 3.05) is 6.54 Å². The lowest BCUT2D eigenvalue weighted by Gasteiger charge is -2.06. The third-order valence-electron chi connectivity index (χ3n) is 5.35. The van der Waals surface area contributed by atoms with Gasteiger partial charge in [0, 0.05) is 25.5 Å². The lowest BCUT2D eigenvalue weighted by atomic mass is 10.0. The number of aliphatic hydroxyl groups excluding tert-OH is 1. The summed E-state index contributed by atoms with van der Waals surface area (Å²) in [6, 6.07) is 1.51. The van der Waals surface area contributed by atoms with Gasteiger partial charge in [0.2, 0.25) is 10.0 Å². The molecule has 1 fully saturated rings. The lowest BCUT2D eigenvalue weighted by molar-refractivity contribution is 0.272. The molecule has 1 aromatic rings. The van der Waals surface area contributed by atoms with Crippen molar-refractivity contribution >= 4 is 10.0 Å². The molecule has 5 nitrogen and oxygen atoms in total. The van der Waals surface area contributed by atoms with E-state index >= 15 is 0 Å². The second-order valence-electron chi connectivity index (χ2n) is 6.78. The molecule has 114 valence electrons. The van der Waals surface area contributed by atoms with Crippen LogP contribution in [0.15, 0.2) is 17.2 Å². The van der Waals surface area contributed by atoms with Crippen LogP contribution >= 0.6 is 0 Å². The average molecular weight is 300 g/mol. The van der Waals surface area contributed by atoms with Crippen LogP contribution in [-0.2, 0) is 23.7 Å². The largest absolute Gasteiger partial charge is 0.390 e. The zero-order chi connectivity index (χ0) is 15.3. The first-order chi connectivity index (χ1) is 9.04. The highest BCUT2D eigenvalue weighted by Crippen LogP contribution is 2.67. The molecule has 2 N–H and O–H groups in total. The molecule has 0 unspecified atom stereocenters. The van der Waals surface area contributed by atoms with Crippen molar-refractivity contribution < 1.29 is 13.5 Å². The van der Waals surface area contributed by atoms with Crippen LogP contribution in [0.2, 0.25) is 0 Å². The van der Waals surface area contributed by atoms with Crippen LogP contribution in [0.5, 0.6) is 0 Å². The van der Waals surface area contributed by atoms with E-state index in [2.05, 4.69) is 32.4 Å². The van der Waals surface area contributed by atoms with Gasteiger partial charge in [0.05, 0.1) is 11.5 Å². The maximum Gasteiger partial charge on any atom is 0.242 e. The molecule has 0 amide bonds. The minimum absolute atomic E-state index is 0.155. The highest BCUT2D eigenvalue weighted by molar-refractivity contribution is 7.89.